The molecule has 0 unspecified atom stereocenters. The van der Waals surface area contributed by atoms with Crippen molar-refractivity contribution in [2.75, 3.05) is 36.0 Å². The van der Waals surface area contributed by atoms with Crippen molar-refractivity contribution in [3.05, 3.63) is 10.4 Å². The Bertz CT molecular complexity index is 1040. The van der Waals surface area contributed by atoms with Crippen LogP contribution >= 0.6 is 0 Å². The number of imidazole rings is 1. The highest BCUT2D eigenvalue weighted by atomic mass is 16.2. The Balaban J connectivity index is 2.27. The highest BCUT2D eigenvalue weighted by molar-refractivity contribution is 6.12. The van der Waals surface area contributed by atoms with Gasteiger partial charge in [-0.25, -0.2) is 4.90 Å². The van der Waals surface area contributed by atoms with Crippen LogP contribution < -0.4 is 20.7 Å². The first-order valence-corrected chi connectivity index (χ1v) is 9.00. The summed E-state index contributed by atoms with van der Waals surface area (Å²) in [5.74, 6) is 5.34. The first-order chi connectivity index (χ1) is 13.4. The van der Waals surface area contributed by atoms with Gasteiger partial charge in [-0.1, -0.05) is 5.92 Å². The highest BCUT2D eigenvalue weighted by Gasteiger charge is 2.27. The van der Waals surface area contributed by atoms with Crippen molar-refractivity contribution in [3.63, 3.8) is 0 Å². The summed E-state index contributed by atoms with van der Waals surface area (Å²) in [7, 11) is 1.48. The average Bonchev–Trinajstić information content (AvgIpc) is 3.02. The number of nitrogens with one attached hydrogen (secondary N) is 1. The van der Waals surface area contributed by atoms with E-state index in [1.165, 1.54) is 25.5 Å². The molecule has 1 fully saturated rings. The van der Waals surface area contributed by atoms with Crippen molar-refractivity contribution in [1.29, 1.82) is 0 Å². The SMILES string of the molecule is CC#CCn1c(N2CCNCC2)nc2nc(N(C(C)=O)C(C)=O)n(C)c(=O)c21. The lowest BCUT2D eigenvalue weighted by Gasteiger charge is -2.28. The van der Waals surface area contributed by atoms with Gasteiger partial charge in [-0.15, -0.1) is 5.92 Å². The Morgan fingerprint density at radius 2 is 1.82 bits per heavy atom. The van der Waals surface area contributed by atoms with Crippen molar-refractivity contribution >= 4 is 34.9 Å². The standard InChI is InChI=1S/C18H23N7O3/c1-5-6-9-24-14-15(21-18(24)23-10-7-19-8-11-23)20-17(22(4)16(14)28)25(12(2)26)13(3)27/h19H,7-11H2,1-4H3. The molecule has 1 N–H and O–H groups in total. The van der Waals surface area contributed by atoms with Gasteiger partial charge in [0.25, 0.3) is 5.56 Å². The summed E-state index contributed by atoms with van der Waals surface area (Å²) in [6.07, 6.45) is 0. The molecule has 3 heterocycles. The van der Waals surface area contributed by atoms with E-state index in [1.54, 1.807) is 11.5 Å². The molecule has 0 atom stereocenters. The first-order valence-electron chi connectivity index (χ1n) is 9.00. The number of hydrogen-bond acceptors (Lipinski definition) is 7. The first kappa shape index (κ1) is 19.6. The lowest BCUT2D eigenvalue weighted by Crippen LogP contribution is -2.44. The number of fused-ring (bicyclic) bond motifs is 1. The maximum absolute atomic E-state index is 13.1. The van der Waals surface area contributed by atoms with Gasteiger partial charge in [-0.3, -0.25) is 23.5 Å². The van der Waals surface area contributed by atoms with Crippen LogP contribution in [-0.4, -0.2) is 57.1 Å². The third-order valence-electron chi connectivity index (χ3n) is 4.59. The number of carbonyl (C=O) groups is 2. The molecule has 3 rings (SSSR count). The highest BCUT2D eigenvalue weighted by Crippen LogP contribution is 2.22. The van der Waals surface area contributed by atoms with Crippen LogP contribution in [0.4, 0.5) is 11.9 Å². The molecule has 0 bridgehead atoms. The van der Waals surface area contributed by atoms with E-state index in [0.29, 0.717) is 18.0 Å². The monoisotopic (exact) mass is 385 g/mol. The maximum Gasteiger partial charge on any atom is 0.281 e. The van der Waals surface area contributed by atoms with Gasteiger partial charge in [-0.2, -0.15) is 9.97 Å². The van der Waals surface area contributed by atoms with Crippen LogP contribution in [0.5, 0.6) is 0 Å². The summed E-state index contributed by atoms with van der Waals surface area (Å²) in [5, 5.41) is 3.28. The largest absolute Gasteiger partial charge is 0.340 e. The van der Waals surface area contributed by atoms with Crippen molar-refractivity contribution < 1.29 is 9.59 Å². The fourth-order valence-corrected chi connectivity index (χ4v) is 3.25. The summed E-state index contributed by atoms with van der Waals surface area (Å²) >= 11 is 0. The van der Waals surface area contributed by atoms with E-state index in [4.69, 9.17) is 0 Å². The molecule has 0 aliphatic carbocycles. The van der Waals surface area contributed by atoms with E-state index < -0.39 is 11.8 Å². The van der Waals surface area contributed by atoms with Gasteiger partial charge in [0.05, 0.1) is 6.54 Å². The van der Waals surface area contributed by atoms with Crippen LogP contribution in [0.2, 0.25) is 0 Å². The predicted molar refractivity (Wildman–Crippen MR) is 105 cm³/mol. The summed E-state index contributed by atoms with van der Waals surface area (Å²) in [6.45, 7) is 7.62. The number of imide groups is 1. The van der Waals surface area contributed by atoms with Crippen molar-refractivity contribution in [2.45, 2.75) is 27.3 Å². The molecule has 0 spiro atoms. The molecule has 1 saturated heterocycles. The molecule has 148 valence electrons. The number of anilines is 2. The van der Waals surface area contributed by atoms with Crippen molar-refractivity contribution in [2.24, 2.45) is 7.05 Å². The van der Waals surface area contributed by atoms with Gasteiger partial charge in [0, 0.05) is 47.1 Å². The van der Waals surface area contributed by atoms with Crippen LogP contribution in [-0.2, 0) is 23.2 Å². The third kappa shape index (κ3) is 3.36. The lowest BCUT2D eigenvalue weighted by molar-refractivity contribution is -0.124. The molecule has 10 heteroatoms. The van der Waals surface area contributed by atoms with Gasteiger partial charge in [0.1, 0.15) is 0 Å². The van der Waals surface area contributed by atoms with Crippen LogP contribution in [0.3, 0.4) is 0 Å². The maximum atomic E-state index is 13.1. The molecule has 2 aromatic rings. The normalized spacial score (nSPS) is 13.9. The Morgan fingerprint density at radius 1 is 1.18 bits per heavy atom. The smallest absolute Gasteiger partial charge is 0.281 e. The molecule has 28 heavy (non-hydrogen) atoms. The minimum absolute atomic E-state index is 0.0458. The van der Waals surface area contributed by atoms with E-state index in [2.05, 4.69) is 32.0 Å². The number of amides is 2. The van der Waals surface area contributed by atoms with Crippen LogP contribution in [0.25, 0.3) is 11.2 Å². The molecule has 0 saturated carbocycles. The zero-order valence-corrected chi connectivity index (χ0v) is 16.4. The minimum Gasteiger partial charge on any atom is -0.340 e. The number of piperazine rings is 1. The van der Waals surface area contributed by atoms with Gasteiger partial charge in [0.15, 0.2) is 11.2 Å². The van der Waals surface area contributed by atoms with Gasteiger partial charge >= 0.3 is 0 Å². The second kappa shape index (κ2) is 7.82. The molecule has 10 nitrogen and oxygen atoms in total. The summed E-state index contributed by atoms with van der Waals surface area (Å²) in [6, 6.07) is 0. The van der Waals surface area contributed by atoms with Crippen LogP contribution in [0, 0.1) is 11.8 Å². The van der Waals surface area contributed by atoms with Crippen LogP contribution in [0.15, 0.2) is 4.79 Å². The number of rotatable bonds is 3. The van der Waals surface area contributed by atoms with E-state index in [9.17, 15) is 14.4 Å². The van der Waals surface area contributed by atoms with Gasteiger partial charge in [-0.05, 0) is 6.92 Å². The second-order valence-corrected chi connectivity index (χ2v) is 6.48. The Hall–Kier alpha value is -3.19. The van der Waals surface area contributed by atoms with E-state index in [1.807, 2.05) is 0 Å². The van der Waals surface area contributed by atoms with E-state index in [-0.39, 0.29) is 17.2 Å². The van der Waals surface area contributed by atoms with E-state index >= 15 is 0 Å². The molecule has 1 aliphatic rings. The fraction of sp³-hybridized carbons (Fsp3) is 0.500. The molecule has 0 radical (unpaired) electrons. The zero-order chi connectivity index (χ0) is 20.4. The third-order valence-corrected chi connectivity index (χ3v) is 4.59. The second-order valence-electron chi connectivity index (χ2n) is 6.48. The van der Waals surface area contributed by atoms with Gasteiger partial charge in [0.2, 0.25) is 23.7 Å². The number of carbonyl (C=O) groups excluding carboxylic acids is 2. The molecule has 2 amide bonds. The minimum atomic E-state index is -0.520. The van der Waals surface area contributed by atoms with Crippen LogP contribution in [0.1, 0.15) is 20.8 Å². The summed E-state index contributed by atoms with van der Waals surface area (Å²) < 4.78 is 2.95. The summed E-state index contributed by atoms with van der Waals surface area (Å²) in [5.41, 5.74) is 0.103. The van der Waals surface area contributed by atoms with Crippen molar-refractivity contribution in [3.8, 4) is 11.8 Å². The number of nitrogens with zero attached hydrogens (tertiary/aromatic N) is 6. The fourth-order valence-electron chi connectivity index (χ4n) is 3.25. The molecular formula is C18H23N7O3. The molecule has 0 aromatic carbocycles. The van der Waals surface area contributed by atoms with Gasteiger partial charge < -0.3 is 10.2 Å². The topological polar surface area (TPSA) is 105 Å². The Kier molecular flexibility index (Phi) is 5.46. The quantitative estimate of drug-likeness (QED) is 0.708. The lowest BCUT2D eigenvalue weighted by atomic mass is 10.4. The molecular weight excluding hydrogens is 362 g/mol. The Labute approximate surface area is 162 Å². The van der Waals surface area contributed by atoms with Crippen molar-refractivity contribution in [1.82, 2.24) is 24.4 Å². The number of aromatic nitrogens is 4. The number of hydrogen-bond donors (Lipinski definition) is 1. The predicted octanol–water partition coefficient (Wildman–Crippen LogP) is -0.538. The average molecular weight is 385 g/mol. The van der Waals surface area contributed by atoms with E-state index in [0.717, 1.165) is 31.1 Å². The summed E-state index contributed by atoms with van der Waals surface area (Å²) in [4.78, 5) is 48.9. The molecule has 2 aromatic heterocycles. The Morgan fingerprint density at radius 3 is 2.39 bits per heavy atom. The zero-order valence-electron chi connectivity index (χ0n) is 16.4. The molecule has 1 aliphatic heterocycles.